The third-order valence-corrected chi connectivity index (χ3v) is 2.87. The van der Waals surface area contributed by atoms with Gasteiger partial charge in [0.05, 0.1) is 0 Å². The first-order chi connectivity index (χ1) is 8.00. The van der Waals surface area contributed by atoms with E-state index >= 15 is 0 Å². The van der Waals surface area contributed by atoms with Crippen molar-refractivity contribution < 1.29 is 15.0 Å². The molecule has 0 aliphatic heterocycles. The number of carbonyl (C=O) groups is 1. The van der Waals surface area contributed by atoms with E-state index in [9.17, 15) is 4.79 Å². The minimum atomic E-state index is -1.05. The van der Waals surface area contributed by atoms with Crippen LogP contribution in [0.3, 0.4) is 0 Å². The molecule has 0 fully saturated rings. The molecule has 0 saturated carbocycles. The van der Waals surface area contributed by atoms with Gasteiger partial charge in [0.2, 0.25) is 0 Å². The van der Waals surface area contributed by atoms with E-state index in [4.69, 9.17) is 10.2 Å². The molecule has 0 aromatic carbocycles. The fraction of sp³-hybridized carbons (Fsp3) is 0.500. The van der Waals surface area contributed by atoms with Crippen LogP contribution in [0.15, 0.2) is 18.3 Å². The number of hydrogen-bond acceptors (Lipinski definition) is 4. The van der Waals surface area contributed by atoms with Crippen LogP contribution in [-0.4, -0.2) is 33.3 Å². The first-order valence-electron chi connectivity index (χ1n) is 5.59. The summed E-state index contributed by atoms with van der Waals surface area (Å²) in [5.41, 5.74) is 0.471. The summed E-state index contributed by atoms with van der Waals surface area (Å²) >= 11 is 0. The largest absolute Gasteiger partial charge is 0.477 e. The Morgan fingerprint density at radius 1 is 1.59 bits per heavy atom. The highest BCUT2D eigenvalue weighted by atomic mass is 16.4. The van der Waals surface area contributed by atoms with Crippen LogP contribution in [0.2, 0.25) is 0 Å². The summed E-state index contributed by atoms with van der Waals surface area (Å²) in [6, 6.07) is 3.21. The topological polar surface area (TPSA) is 82.5 Å². The summed E-state index contributed by atoms with van der Waals surface area (Å²) in [5.74, 6) is -1.05. The van der Waals surface area contributed by atoms with Crippen LogP contribution in [0.1, 0.15) is 37.2 Å². The van der Waals surface area contributed by atoms with Gasteiger partial charge in [-0.2, -0.15) is 0 Å². The predicted molar refractivity (Wildman–Crippen MR) is 65.2 cm³/mol. The van der Waals surface area contributed by atoms with Gasteiger partial charge in [-0.25, -0.2) is 9.78 Å². The van der Waals surface area contributed by atoms with Crippen LogP contribution >= 0.6 is 0 Å². The van der Waals surface area contributed by atoms with Crippen molar-refractivity contribution in [2.45, 2.75) is 32.2 Å². The van der Waals surface area contributed by atoms with Gasteiger partial charge in [-0.15, -0.1) is 0 Å². The summed E-state index contributed by atoms with van der Waals surface area (Å²) in [6.45, 7) is 4.10. The number of aliphatic hydroxyl groups excluding tert-OH is 1. The molecule has 1 rings (SSSR count). The lowest BCUT2D eigenvalue weighted by atomic mass is 9.94. The number of nitrogens with zero attached hydrogens (tertiary/aromatic N) is 1. The minimum absolute atomic E-state index is 0.0115. The van der Waals surface area contributed by atoms with Crippen molar-refractivity contribution in [2.24, 2.45) is 0 Å². The molecule has 1 unspecified atom stereocenters. The lowest BCUT2D eigenvalue weighted by Gasteiger charge is -2.30. The normalized spacial score (nSPS) is 14.1. The molecule has 3 N–H and O–H groups in total. The monoisotopic (exact) mass is 238 g/mol. The first kappa shape index (κ1) is 13.4. The van der Waals surface area contributed by atoms with Gasteiger partial charge >= 0.3 is 5.97 Å². The van der Waals surface area contributed by atoms with Crippen molar-refractivity contribution in [3.05, 3.63) is 24.0 Å². The van der Waals surface area contributed by atoms with E-state index < -0.39 is 5.97 Å². The number of aromatic nitrogens is 1. The Labute approximate surface area is 101 Å². The number of aliphatic hydroxyl groups is 1. The van der Waals surface area contributed by atoms with Crippen molar-refractivity contribution in [1.82, 2.24) is 4.98 Å². The fourth-order valence-electron chi connectivity index (χ4n) is 1.55. The standard InChI is InChI=1S/C12H18N2O3/c1-3-12(2,5-7-15)14-9-4-6-13-10(8-9)11(16)17/h4,6,8,15H,3,5,7H2,1-2H3,(H,13,14)(H,16,17). The van der Waals surface area contributed by atoms with E-state index in [1.165, 1.54) is 12.3 Å². The minimum Gasteiger partial charge on any atom is -0.477 e. The van der Waals surface area contributed by atoms with Crippen LogP contribution in [0.5, 0.6) is 0 Å². The lowest BCUT2D eigenvalue weighted by Crippen LogP contribution is -2.35. The molecule has 1 aromatic heterocycles. The average Bonchev–Trinajstić information content (AvgIpc) is 2.29. The molecule has 0 spiro atoms. The van der Waals surface area contributed by atoms with Gasteiger partial charge in [0, 0.05) is 24.0 Å². The lowest BCUT2D eigenvalue weighted by molar-refractivity contribution is 0.0690. The molecule has 0 amide bonds. The Bertz CT molecular complexity index is 395. The zero-order valence-corrected chi connectivity index (χ0v) is 10.1. The van der Waals surface area contributed by atoms with Crippen LogP contribution in [0.4, 0.5) is 5.69 Å². The molecule has 17 heavy (non-hydrogen) atoms. The number of carboxylic acid groups (broad SMARTS) is 1. The molecule has 0 saturated heterocycles. The van der Waals surface area contributed by atoms with Crippen molar-refractivity contribution in [3.63, 3.8) is 0 Å². The highest BCUT2D eigenvalue weighted by Gasteiger charge is 2.21. The van der Waals surface area contributed by atoms with E-state index in [-0.39, 0.29) is 17.8 Å². The Balaban J connectivity index is 2.86. The maximum Gasteiger partial charge on any atom is 0.354 e. The Hall–Kier alpha value is -1.62. The van der Waals surface area contributed by atoms with E-state index in [1.807, 2.05) is 13.8 Å². The van der Waals surface area contributed by atoms with E-state index in [1.54, 1.807) is 6.07 Å². The molecule has 5 heteroatoms. The van der Waals surface area contributed by atoms with Crippen molar-refractivity contribution >= 4 is 11.7 Å². The van der Waals surface area contributed by atoms with Crippen molar-refractivity contribution in [3.8, 4) is 0 Å². The predicted octanol–water partition coefficient (Wildman–Crippen LogP) is 1.74. The molecule has 1 aromatic rings. The van der Waals surface area contributed by atoms with Crippen LogP contribution in [0.25, 0.3) is 0 Å². The summed E-state index contributed by atoms with van der Waals surface area (Å²) in [4.78, 5) is 14.5. The number of anilines is 1. The van der Waals surface area contributed by atoms with Gasteiger partial charge in [-0.1, -0.05) is 6.92 Å². The smallest absolute Gasteiger partial charge is 0.354 e. The van der Waals surface area contributed by atoms with E-state index in [0.29, 0.717) is 12.1 Å². The quantitative estimate of drug-likeness (QED) is 0.703. The van der Waals surface area contributed by atoms with Gasteiger partial charge in [-0.05, 0) is 31.9 Å². The third kappa shape index (κ3) is 3.71. The number of carboxylic acids is 1. The molecule has 0 bridgehead atoms. The molecule has 94 valence electrons. The molecule has 1 atom stereocenters. The van der Waals surface area contributed by atoms with Gasteiger partial charge in [0.25, 0.3) is 0 Å². The molecule has 0 aliphatic carbocycles. The molecule has 0 aliphatic rings. The second-order valence-electron chi connectivity index (χ2n) is 4.25. The van der Waals surface area contributed by atoms with E-state index in [2.05, 4.69) is 10.3 Å². The Morgan fingerprint density at radius 2 is 2.29 bits per heavy atom. The fourth-order valence-corrected chi connectivity index (χ4v) is 1.55. The van der Waals surface area contributed by atoms with Crippen LogP contribution < -0.4 is 5.32 Å². The van der Waals surface area contributed by atoms with Gasteiger partial charge in [0.15, 0.2) is 0 Å². The van der Waals surface area contributed by atoms with Crippen molar-refractivity contribution in [1.29, 1.82) is 0 Å². The molecule has 0 radical (unpaired) electrons. The van der Waals surface area contributed by atoms with Crippen LogP contribution in [0, 0.1) is 0 Å². The SMILES string of the molecule is CCC(C)(CCO)Nc1ccnc(C(=O)O)c1. The summed E-state index contributed by atoms with van der Waals surface area (Å²) < 4.78 is 0. The number of aromatic carboxylic acids is 1. The summed E-state index contributed by atoms with van der Waals surface area (Å²) in [7, 11) is 0. The van der Waals surface area contributed by atoms with Gasteiger partial charge in [-0.3, -0.25) is 0 Å². The summed E-state index contributed by atoms with van der Waals surface area (Å²) in [6.07, 6.45) is 2.90. The number of rotatable bonds is 6. The molecule has 5 nitrogen and oxygen atoms in total. The average molecular weight is 238 g/mol. The Morgan fingerprint density at radius 3 is 2.82 bits per heavy atom. The number of pyridine rings is 1. The Kier molecular flexibility index (Phi) is 4.45. The maximum atomic E-state index is 10.8. The molecular formula is C12H18N2O3. The second kappa shape index (κ2) is 5.63. The molecule has 1 heterocycles. The number of nitrogens with one attached hydrogen (secondary N) is 1. The van der Waals surface area contributed by atoms with Gasteiger partial charge in [0.1, 0.15) is 5.69 Å². The third-order valence-electron chi connectivity index (χ3n) is 2.87. The van der Waals surface area contributed by atoms with Crippen molar-refractivity contribution in [2.75, 3.05) is 11.9 Å². The summed E-state index contributed by atoms with van der Waals surface area (Å²) in [5, 5.41) is 21.1. The zero-order chi connectivity index (χ0) is 12.9. The molecular weight excluding hydrogens is 220 g/mol. The first-order valence-corrected chi connectivity index (χ1v) is 5.59. The highest BCUT2D eigenvalue weighted by Crippen LogP contribution is 2.21. The van der Waals surface area contributed by atoms with E-state index in [0.717, 1.165) is 6.42 Å². The van der Waals surface area contributed by atoms with Crippen LogP contribution in [-0.2, 0) is 0 Å². The zero-order valence-electron chi connectivity index (χ0n) is 10.1. The highest BCUT2D eigenvalue weighted by molar-refractivity contribution is 5.86. The maximum absolute atomic E-state index is 10.8. The number of hydrogen-bond donors (Lipinski definition) is 3. The second-order valence-corrected chi connectivity index (χ2v) is 4.25. The van der Waals surface area contributed by atoms with Gasteiger partial charge < -0.3 is 15.5 Å².